The van der Waals surface area contributed by atoms with Gasteiger partial charge in [0, 0.05) is 39.1 Å². The van der Waals surface area contributed by atoms with Crippen LogP contribution in [0.4, 0.5) is 4.79 Å². The average molecular weight is 506 g/mol. The summed E-state index contributed by atoms with van der Waals surface area (Å²) in [7, 11) is 1.78. The molecule has 2 heterocycles. The van der Waals surface area contributed by atoms with Crippen LogP contribution in [-0.2, 0) is 17.8 Å². The van der Waals surface area contributed by atoms with Gasteiger partial charge in [-0.05, 0) is 33.1 Å². The van der Waals surface area contributed by atoms with Crippen molar-refractivity contribution in [1.29, 1.82) is 0 Å². The molecule has 1 unspecified atom stereocenters. The van der Waals surface area contributed by atoms with Gasteiger partial charge in [-0.1, -0.05) is 13.8 Å². The minimum absolute atomic E-state index is 0. The number of halogens is 1. The molecular weight excluding hydrogens is 471 g/mol. The quantitative estimate of drug-likeness (QED) is 0.365. The van der Waals surface area contributed by atoms with E-state index in [2.05, 4.69) is 43.9 Å². The number of carbonyl (C=O) groups excluding carboxylic acids is 1. The third-order valence-electron chi connectivity index (χ3n) is 4.19. The second kappa shape index (κ2) is 10.9. The number of amides is 1. The Balaban J connectivity index is 0.00000392. The number of hydrogen-bond acceptors (Lipinski definition) is 4. The van der Waals surface area contributed by atoms with E-state index in [1.807, 2.05) is 33.2 Å². The van der Waals surface area contributed by atoms with Crippen LogP contribution in [0.15, 0.2) is 17.4 Å². The first kappa shape index (κ1) is 24.5. The predicted molar refractivity (Wildman–Crippen MR) is 122 cm³/mol. The Morgan fingerprint density at radius 1 is 1.43 bits per heavy atom. The zero-order chi connectivity index (χ0) is 20.0. The minimum Gasteiger partial charge on any atom is -0.444 e. The largest absolute Gasteiger partial charge is 0.444 e. The molecule has 160 valence electrons. The lowest BCUT2D eigenvalue weighted by Crippen LogP contribution is -2.44. The molecule has 1 atom stereocenters. The number of aliphatic imine (C=N–C) groups is 1. The van der Waals surface area contributed by atoms with Crippen LogP contribution < -0.4 is 10.6 Å². The van der Waals surface area contributed by atoms with Gasteiger partial charge in [-0.25, -0.2) is 9.78 Å². The molecule has 1 aromatic rings. The summed E-state index contributed by atoms with van der Waals surface area (Å²) >= 11 is 0. The second-order valence-electron chi connectivity index (χ2n) is 8.37. The number of carbonyl (C=O) groups is 1. The number of guanidine groups is 1. The fourth-order valence-corrected chi connectivity index (χ4v) is 3.10. The zero-order valence-electron chi connectivity index (χ0n) is 17.9. The van der Waals surface area contributed by atoms with Gasteiger partial charge in [0.1, 0.15) is 11.4 Å². The van der Waals surface area contributed by atoms with Crippen molar-refractivity contribution in [3.05, 3.63) is 18.2 Å². The maximum Gasteiger partial charge on any atom is 0.407 e. The number of imidazole rings is 1. The molecular formula is C19H35IN6O2. The standard InChI is InChI=1S/C19H34N6O2.HI/c1-14(2)12-24-10-8-21-16(24)11-22-17(20-6)25-9-7-15(13-25)23-18(26)27-19(3,4)5;/h8,10,14-15H,7,9,11-13H2,1-6H3,(H,20,22)(H,23,26);1H. The monoisotopic (exact) mass is 506 g/mol. The minimum atomic E-state index is -0.488. The van der Waals surface area contributed by atoms with E-state index in [0.717, 1.165) is 31.3 Å². The Hall–Kier alpha value is -1.52. The van der Waals surface area contributed by atoms with Gasteiger partial charge in [-0.15, -0.1) is 24.0 Å². The summed E-state index contributed by atoms with van der Waals surface area (Å²) in [5.74, 6) is 2.38. The molecule has 1 saturated heterocycles. The van der Waals surface area contributed by atoms with E-state index < -0.39 is 5.60 Å². The summed E-state index contributed by atoms with van der Waals surface area (Å²) in [5, 5.41) is 6.33. The van der Waals surface area contributed by atoms with E-state index in [1.165, 1.54) is 0 Å². The smallest absolute Gasteiger partial charge is 0.407 e. The molecule has 28 heavy (non-hydrogen) atoms. The lowest BCUT2D eigenvalue weighted by molar-refractivity contribution is 0.0507. The number of hydrogen-bond donors (Lipinski definition) is 2. The second-order valence-corrected chi connectivity index (χ2v) is 8.37. The molecule has 0 radical (unpaired) electrons. The highest BCUT2D eigenvalue weighted by molar-refractivity contribution is 14.0. The van der Waals surface area contributed by atoms with Crippen molar-refractivity contribution in [2.75, 3.05) is 20.1 Å². The molecule has 0 saturated carbocycles. The SMILES string of the molecule is CN=C(NCc1nccn1CC(C)C)N1CCC(NC(=O)OC(C)(C)C)C1.I. The van der Waals surface area contributed by atoms with E-state index in [0.29, 0.717) is 19.0 Å². The fourth-order valence-electron chi connectivity index (χ4n) is 3.10. The number of aromatic nitrogens is 2. The zero-order valence-corrected chi connectivity index (χ0v) is 20.2. The Morgan fingerprint density at radius 3 is 2.75 bits per heavy atom. The normalized spacial score (nSPS) is 17.5. The van der Waals surface area contributed by atoms with Crippen LogP contribution >= 0.6 is 24.0 Å². The van der Waals surface area contributed by atoms with Gasteiger partial charge < -0.3 is 24.8 Å². The maximum absolute atomic E-state index is 12.0. The first-order chi connectivity index (χ1) is 12.7. The summed E-state index contributed by atoms with van der Waals surface area (Å²) in [6, 6.07) is 0.0568. The topological polar surface area (TPSA) is 83.8 Å². The number of nitrogens with one attached hydrogen (secondary N) is 2. The van der Waals surface area contributed by atoms with Crippen LogP contribution in [0.2, 0.25) is 0 Å². The Kier molecular flexibility index (Phi) is 9.52. The molecule has 1 amide bonds. The van der Waals surface area contributed by atoms with Crippen molar-refractivity contribution in [3.8, 4) is 0 Å². The molecule has 1 fully saturated rings. The van der Waals surface area contributed by atoms with Crippen LogP contribution in [0, 0.1) is 5.92 Å². The predicted octanol–water partition coefficient (Wildman–Crippen LogP) is 2.83. The first-order valence-electron chi connectivity index (χ1n) is 9.63. The number of rotatable bonds is 5. The summed E-state index contributed by atoms with van der Waals surface area (Å²) in [6.45, 7) is 13.1. The molecule has 0 bridgehead atoms. The van der Waals surface area contributed by atoms with Gasteiger partial charge in [-0.2, -0.15) is 0 Å². The van der Waals surface area contributed by atoms with Gasteiger partial charge in [0.15, 0.2) is 5.96 Å². The molecule has 0 aromatic carbocycles. The average Bonchev–Trinajstić information content (AvgIpc) is 3.15. The van der Waals surface area contributed by atoms with Gasteiger partial charge in [0.05, 0.1) is 12.6 Å². The molecule has 0 spiro atoms. The van der Waals surface area contributed by atoms with E-state index in [9.17, 15) is 4.79 Å². The van der Waals surface area contributed by atoms with Crippen molar-refractivity contribution < 1.29 is 9.53 Å². The molecule has 0 aliphatic carbocycles. The van der Waals surface area contributed by atoms with Crippen LogP contribution in [0.25, 0.3) is 0 Å². The summed E-state index contributed by atoms with van der Waals surface area (Å²) < 4.78 is 7.51. The third-order valence-corrected chi connectivity index (χ3v) is 4.19. The van der Waals surface area contributed by atoms with E-state index >= 15 is 0 Å². The van der Waals surface area contributed by atoms with Crippen molar-refractivity contribution in [3.63, 3.8) is 0 Å². The Labute approximate surface area is 185 Å². The molecule has 8 nitrogen and oxygen atoms in total. The van der Waals surface area contributed by atoms with Crippen LogP contribution in [0.3, 0.4) is 0 Å². The van der Waals surface area contributed by atoms with Gasteiger partial charge >= 0.3 is 6.09 Å². The molecule has 2 rings (SSSR count). The highest BCUT2D eigenvalue weighted by Gasteiger charge is 2.27. The molecule has 2 N–H and O–H groups in total. The highest BCUT2D eigenvalue weighted by atomic mass is 127. The van der Waals surface area contributed by atoms with Crippen molar-refractivity contribution in [1.82, 2.24) is 25.1 Å². The highest BCUT2D eigenvalue weighted by Crippen LogP contribution is 2.12. The van der Waals surface area contributed by atoms with E-state index in [4.69, 9.17) is 4.74 Å². The lowest BCUT2D eigenvalue weighted by Gasteiger charge is -2.23. The Bertz CT molecular complexity index is 653. The number of alkyl carbamates (subject to hydrolysis) is 1. The summed E-state index contributed by atoms with van der Waals surface area (Å²) in [4.78, 5) is 22.9. The molecule has 9 heteroatoms. The van der Waals surface area contributed by atoms with E-state index in [1.54, 1.807) is 7.05 Å². The number of likely N-dealkylation sites (tertiary alicyclic amines) is 1. The van der Waals surface area contributed by atoms with Crippen molar-refractivity contribution in [2.24, 2.45) is 10.9 Å². The third kappa shape index (κ3) is 7.84. The Morgan fingerprint density at radius 2 is 2.14 bits per heavy atom. The summed E-state index contributed by atoms with van der Waals surface area (Å²) in [6.07, 6.45) is 4.34. The summed E-state index contributed by atoms with van der Waals surface area (Å²) in [5.41, 5.74) is -0.488. The van der Waals surface area contributed by atoms with Gasteiger partial charge in [0.2, 0.25) is 0 Å². The molecule has 1 aliphatic heterocycles. The maximum atomic E-state index is 12.0. The van der Waals surface area contributed by atoms with E-state index in [-0.39, 0.29) is 36.1 Å². The lowest BCUT2D eigenvalue weighted by atomic mass is 10.2. The molecule has 1 aromatic heterocycles. The number of nitrogens with zero attached hydrogens (tertiary/aromatic N) is 4. The fraction of sp³-hybridized carbons (Fsp3) is 0.737. The van der Waals surface area contributed by atoms with Crippen LogP contribution in [0.5, 0.6) is 0 Å². The van der Waals surface area contributed by atoms with Gasteiger partial charge in [-0.3, -0.25) is 4.99 Å². The number of ether oxygens (including phenoxy) is 1. The van der Waals surface area contributed by atoms with Crippen LogP contribution in [0.1, 0.15) is 46.9 Å². The van der Waals surface area contributed by atoms with Gasteiger partial charge in [0.25, 0.3) is 0 Å². The molecule has 1 aliphatic rings. The van der Waals surface area contributed by atoms with Crippen LogP contribution in [-0.4, -0.2) is 58.3 Å². The first-order valence-corrected chi connectivity index (χ1v) is 9.63. The van der Waals surface area contributed by atoms with Crippen molar-refractivity contribution >= 4 is 36.0 Å². The van der Waals surface area contributed by atoms with Crippen molar-refractivity contribution in [2.45, 2.75) is 65.8 Å².